The van der Waals surface area contributed by atoms with Gasteiger partial charge in [-0.3, -0.25) is 9.78 Å². The Kier molecular flexibility index (Phi) is 5.66. The molecule has 1 amide bonds. The average molecular weight is 339 g/mol. The summed E-state index contributed by atoms with van der Waals surface area (Å²) < 4.78 is 5.80. The molecule has 0 radical (unpaired) electrons. The summed E-state index contributed by atoms with van der Waals surface area (Å²) in [6, 6.07) is 11.3. The molecule has 1 aromatic heterocycles. The van der Waals surface area contributed by atoms with Crippen LogP contribution in [-0.2, 0) is 6.61 Å². The molecule has 1 aromatic carbocycles. The lowest BCUT2D eigenvalue weighted by Gasteiger charge is -2.34. The van der Waals surface area contributed by atoms with Crippen LogP contribution in [0.1, 0.15) is 35.7 Å². The lowest BCUT2D eigenvalue weighted by Crippen LogP contribution is -2.45. The largest absolute Gasteiger partial charge is 0.489 e. The van der Waals surface area contributed by atoms with Crippen LogP contribution in [0.3, 0.4) is 0 Å². The van der Waals surface area contributed by atoms with Gasteiger partial charge in [0.1, 0.15) is 12.4 Å². The third kappa shape index (κ3) is 4.57. The molecule has 2 aromatic rings. The fourth-order valence-electron chi connectivity index (χ4n) is 3.18. The number of amides is 1. The van der Waals surface area contributed by atoms with Crippen molar-refractivity contribution in [2.45, 2.75) is 32.4 Å². The molecule has 5 nitrogen and oxygen atoms in total. The molecule has 132 valence electrons. The molecular formula is C20H25N3O2. The summed E-state index contributed by atoms with van der Waals surface area (Å²) in [6.07, 6.45) is 5.61. The maximum Gasteiger partial charge on any atom is 0.253 e. The highest BCUT2D eigenvalue weighted by molar-refractivity contribution is 5.94. The first-order chi connectivity index (χ1) is 12.1. The molecule has 1 aliphatic rings. The molecule has 0 unspecified atom stereocenters. The zero-order chi connectivity index (χ0) is 17.6. The van der Waals surface area contributed by atoms with Crippen molar-refractivity contribution in [3.05, 3.63) is 59.9 Å². The van der Waals surface area contributed by atoms with E-state index in [1.165, 1.54) is 0 Å². The number of piperidine rings is 1. The van der Waals surface area contributed by atoms with Gasteiger partial charge in [-0.05, 0) is 49.9 Å². The first-order valence-corrected chi connectivity index (χ1v) is 8.80. The Hall–Kier alpha value is -2.40. The van der Waals surface area contributed by atoms with E-state index >= 15 is 0 Å². The summed E-state index contributed by atoms with van der Waals surface area (Å²) in [7, 11) is 0. The van der Waals surface area contributed by atoms with Gasteiger partial charge in [0.05, 0.1) is 0 Å². The molecule has 3 rings (SSSR count). The molecular weight excluding hydrogens is 314 g/mol. The summed E-state index contributed by atoms with van der Waals surface area (Å²) in [5.41, 5.74) is 7.68. The maximum atomic E-state index is 12.8. The van der Waals surface area contributed by atoms with Crippen LogP contribution in [0.2, 0.25) is 0 Å². The summed E-state index contributed by atoms with van der Waals surface area (Å²) >= 11 is 0. The second kappa shape index (κ2) is 8.12. The minimum atomic E-state index is 0.0529. The van der Waals surface area contributed by atoms with Gasteiger partial charge in [0.2, 0.25) is 0 Å². The topological polar surface area (TPSA) is 68.5 Å². The molecule has 0 bridgehead atoms. The lowest BCUT2D eigenvalue weighted by atomic mass is 9.92. The molecule has 25 heavy (non-hydrogen) atoms. The van der Waals surface area contributed by atoms with Crippen molar-refractivity contribution >= 4 is 5.91 Å². The van der Waals surface area contributed by atoms with Gasteiger partial charge in [-0.25, -0.2) is 0 Å². The van der Waals surface area contributed by atoms with Crippen LogP contribution in [0, 0.1) is 5.92 Å². The first-order valence-electron chi connectivity index (χ1n) is 8.80. The van der Waals surface area contributed by atoms with Crippen LogP contribution in [0.5, 0.6) is 5.75 Å². The Bertz CT molecular complexity index is 703. The highest BCUT2D eigenvalue weighted by Crippen LogP contribution is 2.22. The Balaban J connectivity index is 1.65. The zero-order valence-electron chi connectivity index (χ0n) is 14.6. The molecule has 0 aliphatic carbocycles. The first kappa shape index (κ1) is 17.4. The molecule has 2 heterocycles. The average Bonchev–Trinajstić information content (AvgIpc) is 2.67. The molecule has 0 saturated carbocycles. The third-order valence-electron chi connectivity index (χ3n) is 4.70. The second-order valence-corrected chi connectivity index (χ2v) is 6.69. The molecule has 2 atom stereocenters. The van der Waals surface area contributed by atoms with E-state index in [-0.39, 0.29) is 11.9 Å². The number of pyridine rings is 1. The van der Waals surface area contributed by atoms with Crippen LogP contribution >= 0.6 is 0 Å². The minimum Gasteiger partial charge on any atom is -0.489 e. The van der Waals surface area contributed by atoms with Gasteiger partial charge in [-0.15, -0.1) is 0 Å². The predicted molar refractivity (Wildman–Crippen MR) is 97.3 cm³/mol. The number of benzene rings is 1. The lowest BCUT2D eigenvalue weighted by molar-refractivity contribution is 0.0660. The molecule has 2 N–H and O–H groups in total. The Morgan fingerprint density at radius 3 is 3.04 bits per heavy atom. The number of carbonyl (C=O) groups excluding carboxylic acids is 1. The fourth-order valence-corrected chi connectivity index (χ4v) is 3.18. The number of hydrogen-bond donors (Lipinski definition) is 1. The fraction of sp³-hybridized carbons (Fsp3) is 0.400. The minimum absolute atomic E-state index is 0.0529. The van der Waals surface area contributed by atoms with Gasteiger partial charge in [-0.2, -0.15) is 0 Å². The van der Waals surface area contributed by atoms with E-state index in [0.29, 0.717) is 23.8 Å². The van der Waals surface area contributed by atoms with Crippen molar-refractivity contribution in [1.29, 1.82) is 0 Å². The van der Waals surface area contributed by atoms with Gasteiger partial charge in [0, 0.05) is 42.7 Å². The number of ether oxygens (including phenoxy) is 1. The van der Waals surface area contributed by atoms with Gasteiger partial charge in [0.15, 0.2) is 0 Å². The van der Waals surface area contributed by atoms with E-state index in [1.807, 2.05) is 48.2 Å². The number of hydrogen-bond acceptors (Lipinski definition) is 4. The zero-order valence-corrected chi connectivity index (χ0v) is 14.6. The standard InChI is InChI=1S/C20H25N3O2/c1-15(21)18-7-4-10-23(13-18)20(24)17-6-2-8-19(11-17)25-14-16-5-3-9-22-12-16/h2-3,5-6,8-9,11-12,15,18H,4,7,10,13-14,21H2,1H3/t15-,18-/m0/s1. The van der Waals surface area contributed by atoms with E-state index < -0.39 is 0 Å². The van der Waals surface area contributed by atoms with E-state index in [0.717, 1.165) is 31.5 Å². The predicted octanol–water partition coefficient (Wildman–Crippen LogP) is 2.86. The molecule has 0 spiro atoms. The van der Waals surface area contributed by atoms with Crippen LogP contribution in [0.4, 0.5) is 0 Å². The number of rotatable bonds is 5. The quantitative estimate of drug-likeness (QED) is 0.909. The second-order valence-electron chi connectivity index (χ2n) is 6.69. The van der Waals surface area contributed by atoms with Crippen molar-refractivity contribution in [2.75, 3.05) is 13.1 Å². The van der Waals surface area contributed by atoms with Crippen molar-refractivity contribution in [3.63, 3.8) is 0 Å². The van der Waals surface area contributed by atoms with E-state index in [2.05, 4.69) is 4.98 Å². The summed E-state index contributed by atoms with van der Waals surface area (Å²) in [5, 5.41) is 0. The SMILES string of the molecule is C[C@H](N)[C@H]1CCCN(C(=O)c2cccc(OCc3cccnc3)c2)C1. The molecule has 5 heteroatoms. The number of nitrogens with zero attached hydrogens (tertiary/aromatic N) is 2. The van der Waals surface area contributed by atoms with Crippen LogP contribution < -0.4 is 10.5 Å². The van der Waals surface area contributed by atoms with Crippen LogP contribution in [0.25, 0.3) is 0 Å². The Morgan fingerprint density at radius 1 is 1.40 bits per heavy atom. The van der Waals surface area contributed by atoms with Crippen molar-refractivity contribution < 1.29 is 9.53 Å². The summed E-state index contributed by atoms with van der Waals surface area (Å²) in [6.45, 7) is 3.98. The molecule has 1 fully saturated rings. The Labute approximate surface area is 148 Å². The Morgan fingerprint density at radius 2 is 2.28 bits per heavy atom. The normalized spacial score (nSPS) is 18.6. The van der Waals surface area contributed by atoms with E-state index in [4.69, 9.17) is 10.5 Å². The van der Waals surface area contributed by atoms with Gasteiger partial charge in [0.25, 0.3) is 5.91 Å². The maximum absolute atomic E-state index is 12.8. The van der Waals surface area contributed by atoms with Crippen molar-refractivity contribution in [1.82, 2.24) is 9.88 Å². The molecule has 1 saturated heterocycles. The number of nitrogens with two attached hydrogens (primary N) is 1. The summed E-state index contributed by atoms with van der Waals surface area (Å²) in [5.74, 6) is 1.12. The third-order valence-corrected chi connectivity index (χ3v) is 4.70. The number of carbonyl (C=O) groups is 1. The molecule has 1 aliphatic heterocycles. The highest BCUT2D eigenvalue weighted by atomic mass is 16.5. The van der Waals surface area contributed by atoms with E-state index in [1.54, 1.807) is 12.4 Å². The van der Waals surface area contributed by atoms with Gasteiger partial charge in [-0.1, -0.05) is 12.1 Å². The van der Waals surface area contributed by atoms with Gasteiger partial charge < -0.3 is 15.4 Å². The number of likely N-dealkylation sites (tertiary alicyclic amines) is 1. The van der Waals surface area contributed by atoms with E-state index in [9.17, 15) is 4.79 Å². The monoisotopic (exact) mass is 339 g/mol. The summed E-state index contributed by atoms with van der Waals surface area (Å²) in [4.78, 5) is 18.8. The highest BCUT2D eigenvalue weighted by Gasteiger charge is 2.26. The smallest absolute Gasteiger partial charge is 0.253 e. The van der Waals surface area contributed by atoms with Crippen LogP contribution in [0.15, 0.2) is 48.8 Å². The van der Waals surface area contributed by atoms with Gasteiger partial charge >= 0.3 is 0 Å². The van der Waals surface area contributed by atoms with Crippen LogP contribution in [-0.4, -0.2) is 34.9 Å². The van der Waals surface area contributed by atoms with Crippen molar-refractivity contribution in [2.24, 2.45) is 11.7 Å². The van der Waals surface area contributed by atoms with Crippen molar-refractivity contribution in [3.8, 4) is 5.75 Å². The number of aromatic nitrogens is 1.